The van der Waals surface area contributed by atoms with Crippen LogP contribution in [0.1, 0.15) is 38.5 Å². The Morgan fingerprint density at radius 1 is 0.810 bits per heavy atom. The Hall–Kier alpha value is -1.71. The maximum absolute atomic E-state index is 12.2. The zero-order chi connectivity index (χ0) is 14.5. The molecule has 2 fully saturated rings. The second-order valence-corrected chi connectivity index (χ2v) is 6.07. The zero-order valence-electron chi connectivity index (χ0n) is 12.7. The molecule has 2 aliphatic heterocycles. The number of nitrogens with one attached hydrogen (secondary N) is 1. The van der Waals surface area contributed by atoms with Crippen molar-refractivity contribution in [3.63, 3.8) is 0 Å². The number of benzene rings is 1. The van der Waals surface area contributed by atoms with E-state index < -0.39 is 0 Å². The second kappa shape index (κ2) is 6.83. The Morgan fingerprint density at radius 3 is 2.00 bits per heavy atom. The number of urea groups is 1. The van der Waals surface area contributed by atoms with Gasteiger partial charge < -0.3 is 15.1 Å². The van der Waals surface area contributed by atoms with Gasteiger partial charge in [-0.05, 0) is 62.8 Å². The Morgan fingerprint density at radius 2 is 1.38 bits per heavy atom. The molecule has 0 spiro atoms. The van der Waals surface area contributed by atoms with E-state index in [2.05, 4.69) is 22.3 Å². The molecule has 0 saturated carbocycles. The molecular formula is C17H25N3O. The van der Waals surface area contributed by atoms with E-state index in [0.717, 1.165) is 44.7 Å². The molecule has 2 amide bonds. The Balaban J connectivity index is 1.57. The van der Waals surface area contributed by atoms with Gasteiger partial charge in [0.15, 0.2) is 0 Å². The first-order valence-corrected chi connectivity index (χ1v) is 8.24. The molecule has 0 bridgehead atoms. The number of nitrogens with zero attached hydrogens (tertiary/aromatic N) is 2. The molecule has 21 heavy (non-hydrogen) atoms. The average Bonchev–Trinajstić information content (AvgIpc) is 2.57. The number of amides is 2. The van der Waals surface area contributed by atoms with E-state index in [9.17, 15) is 4.79 Å². The van der Waals surface area contributed by atoms with Gasteiger partial charge in [0, 0.05) is 37.6 Å². The van der Waals surface area contributed by atoms with Gasteiger partial charge in [-0.1, -0.05) is 0 Å². The minimum Gasteiger partial charge on any atom is -0.372 e. The van der Waals surface area contributed by atoms with Crippen LogP contribution in [0.15, 0.2) is 24.3 Å². The van der Waals surface area contributed by atoms with Gasteiger partial charge in [0.25, 0.3) is 0 Å². The minimum atomic E-state index is 0.0421. The molecular weight excluding hydrogens is 262 g/mol. The number of rotatable bonds is 2. The van der Waals surface area contributed by atoms with E-state index in [1.165, 1.54) is 31.4 Å². The number of hydrogen-bond donors (Lipinski definition) is 1. The SMILES string of the molecule is O=C(Nc1ccc(N2CCCCC2)cc1)N1CCCCC1. The number of piperidine rings is 2. The van der Waals surface area contributed by atoms with Gasteiger partial charge in [-0.2, -0.15) is 0 Å². The van der Waals surface area contributed by atoms with Crippen LogP contribution >= 0.6 is 0 Å². The van der Waals surface area contributed by atoms with E-state index >= 15 is 0 Å². The highest BCUT2D eigenvalue weighted by Crippen LogP contribution is 2.22. The van der Waals surface area contributed by atoms with Crippen molar-refractivity contribution in [2.24, 2.45) is 0 Å². The lowest BCUT2D eigenvalue weighted by atomic mass is 10.1. The van der Waals surface area contributed by atoms with Crippen molar-refractivity contribution in [2.75, 3.05) is 36.4 Å². The summed E-state index contributed by atoms with van der Waals surface area (Å²) in [6.45, 7) is 4.08. The second-order valence-electron chi connectivity index (χ2n) is 6.07. The summed E-state index contributed by atoms with van der Waals surface area (Å²) in [5.74, 6) is 0. The highest BCUT2D eigenvalue weighted by Gasteiger charge is 2.16. The molecule has 4 heteroatoms. The lowest BCUT2D eigenvalue weighted by Crippen LogP contribution is -2.38. The molecule has 0 atom stereocenters. The number of likely N-dealkylation sites (tertiary alicyclic amines) is 1. The number of hydrogen-bond acceptors (Lipinski definition) is 2. The van der Waals surface area contributed by atoms with Crippen LogP contribution in [0.3, 0.4) is 0 Å². The quantitative estimate of drug-likeness (QED) is 0.900. The van der Waals surface area contributed by atoms with Crippen molar-refractivity contribution >= 4 is 17.4 Å². The van der Waals surface area contributed by atoms with Crippen molar-refractivity contribution in [2.45, 2.75) is 38.5 Å². The van der Waals surface area contributed by atoms with E-state index in [0.29, 0.717) is 0 Å². The summed E-state index contributed by atoms with van der Waals surface area (Å²) in [6, 6.07) is 8.33. The summed E-state index contributed by atoms with van der Waals surface area (Å²) >= 11 is 0. The normalized spacial score (nSPS) is 19.4. The molecule has 0 unspecified atom stereocenters. The van der Waals surface area contributed by atoms with Crippen LogP contribution in [0.2, 0.25) is 0 Å². The number of anilines is 2. The Labute approximate surface area is 127 Å². The standard InChI is InChI=1S/C17H25N3O/c21-17(20-13-5-2-6-14-20)18-15-7-9-16(10-8-15)19-11-3-1-4-12-19/h7-10H,1-6,11-14H2,(H,18,21). The Kier molecular flexibility index (Phi) is 4.63. The molecule has 3 rings (SSSR count). The van der Waals surface area contributed by atoms with Gasteiger partial charge in [0.2, 0.25) is 0 Å². The molecule has 0 aliphatic carbocycles. The number of carbonyl (C=O) groups is 1. The van der Waals surface area contributed by atoms with Crippen LogP contribution in [0, 0.1) is 0 Å². The third-order valence-electron chi connectivity index (χ3n) is 4.48. The fourth-order valence-corrected chi connectivity index (χ4v) is 3.21. The minimum absolute atomic E-state index is 0.0421. The van der Waals surface area contributed by atoms with Crippen molar-refractivity contribution in [3.05, 3.63) is 24.3 Å². The molecule has 1 aromatic carbocycles. The van der Waals surface area contributed by atoms with Crippen molar-refractivity contribution in [1.29, 1.82) is 0 Å². The monoisotopic (exact) mass is 287 g/mol. The highest BCUT2D eigenvalue weighted by molar-refractivity contribution is 5.89. The summed E-state index contributed by atoms with van der Waals surface area (Å²) in [5, 5.41) is 3.01. The van der Waals surface area contributed by atoms with Crippen LogP contribution in [-0.4, -0.2) is 37.1 Å². The Bertz CT molecular complexity index is 459. The summed E-state index contributed by atoms with van der Waals surface area (Å²) < 4.78 is 0. The van der Waals surface area contributed by atoms with E-state index in [1.54, 1.807) is 0 Å². The van der Waals surface area contributed by atoms with Crippen LogP contribution < -0.4 is 10.2 Å². The molecule has 1 aromatic rings. The maximum atomic E-state index is 12.2. The molecule has 2 saturated heterocycles. The highest BCUT2D eigenvalue weighted by atomic mass is 16.2. The summed E-state index contributed by atoms with van der Waals surface area (Å²) in [5.41, 5.74) is 2.16. The first-order valence-electron chi connectivity index (χ1n) is 8.24. The van der Waals surface area contributed by atoms with Crippen LogP contribution in [0.5, 0.6) is 0 Å². The summed E-state index contributed by atoms with van der Waals surface area (Å²) in [7, 11) is 0. The molecule has 0 radical (unpaired) electrons. The fraction of sp³-hybridized carbons (Fsp3) is 0.588. The van der Waals surface area contributed by atoms with Crippen LogP contribution in [-0.2, 0) is 0 Å². The molecule has 1 N–H and O–H groups in total. The summed E-state index contributed by atoms with van der Waals surface area (Å²) in [4.78, 5) is 16.5. The van der Waals surface area contributed by atoms with Crippen molar-refractivity contribution in [3.8, 4) is 0 Å². The fourth-order valence-electron chi connectivity index (χ4n) is 3.21. The van der Waals surface area contributed by atoms with Crippen molar-refractivity contribution < 1.29 is 4.79 Å². The largest absolute Gasteiger partial charge is 0.372 e. The van der Waals surface area contributed by atoms with Gasteiger partial charge in [-0.25, -0.2) is 4.79 Å². The molecule has 0 aromatic heterocycles. The maximum Gasteiger partial charge on any atom is 0.321 e. The molecule has 2 aliphatic rings. The predicted octanol–water partition coefficient (Wildman–Crippen LogP) is 3.69. The lowest BCUT2D eigenvalue weighted by molar-refractivity contribution is 0.200. The van der Waals surface area contributed by atoms with E-state index in [1.807, 2.05) is 17.0 Å². The van der Waals surface area contributed by atoms with Gasteiger partial charge in [0.1, 0.15) is 0 Å². The topological polar surface area (TPSA) is 35.6 Å². The van der Waals surface area contributed by atoms with Gasteiger partial charge >= 0.3 is 6.03 Å². The first-order chi connectivity index (χ1) is 10.3. The van der Waals surface area contributed by atoms with E-state index in [4.69, 9.17) is 0 Å². The number of carbonyl (C=O) groups excluding carboxylic acids is 1. The average molecular weight is 287 g/mol. The van der Waals surface area contributed by atoms with Crippen LogP contribution in [0.4, 0.5) is 16.2 Å². The third-order valence-corrected chi connectivity index (χ3v) is 4.48. The van der Waals surface area contributed by atoms with Crippen molar-refractivity contribution in [1.82, 2.24) is 4.90 Å². The smallest absolute Gasteiger partial charge is 0.321 e. The van der Waals surface area contributed by atoms with Gasteiger partial charge in [0.05, 0.1) is 0 Å². The predicted molar refractivity (Wildman–Crippen MR) is 86.9 cm³/mol. The zero-order valence-corrected chi connectivity index (χ0v) is 12.7. The van der Waals surface area contributed by atoms with Crippen LogP contribution in [0.25, 0.3) is 0 Å². The summed E-state index contributed by atoms with van der Waals surface area (Å²) in [6.07, 6.45) is 7.41. The van der Waals surface area contributed by atoms with Gasteiger partial charge in [-0.15, -0.1) is 0 Å². The third kappa shape index (κ3) is 3.69. The molecule has 114 valence electrons. The van der Waals surface area contributed by atoms with Gasteiger partial charge in [-0.3, -0.25) is 0 Å². The van der Waals surface area contributed by atoms with E-state index in [-0.39, 0.29) is 6.03 Å². The molecule has 4 nitrogen and oxygen atoms in total. The molecule has 2 heterocycles. The lowest BCUT2D eigenvalue weighted by Gasteiger charge is -2.29. The first kappa shape index (κ1) is 14.2.